The first-order valence-electron chi connectivity index (χ1n) is 8.04. The molecule has 0 aliphatic rings. The summed E-state index contributed by atoms with van der Waals surface area (Å²) in [6.07, 6.45) is -0.336. The van der Waals surface area contributed by atoms with Crippen LogP contribution in [-0.4, -0.2) is 19.9 Å². The molecule has 134 valence electrons. The number of hydrogen-bond donors (Lipinski definition) is 0. The summed E-state index contributed by atoms with van der Waals surface area (Å²) >= 11 is 0. The maximum Gasteiger partial charge on any atom is 0.576 e. The summed E-state index contributed by atoms with van der Waals surface area (Å²) in [5.41, 5.74) is 0. The number of ether oxygens (including phenoxy) is 2. The van der Waals surface area contributed by atoms with Crippen LogP contribution < -0.4 is 18.8 Å². The van der Waals surface area contributed by atoms with Crippen molar-refractivity contribution in [1.82, 2.24) is 0 Å². The molecule has 0 atom stereocenters. The van der Waals surface area contributed by atoms with Crippen LogP contribution in [0.5, 0.6) is 23.0 Å². The molecule has 0 spiro atoms. The minimum atomic E-state index is -0.628. The number of rotatable bonds is 8. The first-order chi connectivity index (χ1) is 11.9. The van der Waals surface area contributed by atoms with Gasteiger partial charge in [0.25, 0.3) is 0 Å². The van der Waals surface area contributed by atoms with Gasteiger partial charge in [-0.15, -0.1) is 0 Å². The van der Waals surface area contributed by atoms with Gasteiger partial charge in [-0.3, -0.25) is 0 Å². The molecular formula is C18H21BF2O4. The molecule has 0 fully saturated rings. The molecule has 0 aromatic heterocycles. The van der Waals surface area contributed by atoms with Gasteiger partial charge in [0.1, 0.15) is 11.5 Å². The molecule has 0 radical (unpaired) electrons. The Morgan fingerprint density at radius 3 is 1.40 bits per heavy atom. The van der Waals surface area contributed by atoms with E-state index in [1.807, 2.05) is 0 Å². The third-order valence-corrected chi connectivity index (χ3v) is 3.01. The standard InChI is InChI=1S/C18H21BF2O4/c1-11(2)22-13-7-5-9-15(17(13)20)24-19-25-16-10-6-8-14(18(16)21)23-12(3)4/h5-12,19H,1-4H3. The predicted octanol–water partition coefficient (Wildman–Crippen LogP) is 4.26. The number of benzene rings is 2. The van der Waals surface area contributed by atoms with E-state index in [-0.39, 0.29) is 42.9 Å². The van der Waals surface area contributed by atoms with E-state index in [0.717, 1.165) is 0 Å². The summed E-state index contributed by atoms with van der Waals surface area (Å²) in [6, 6.07) is 9.12. The van der Waals surface area contributed by atoms with E-state index in [1.165, 1.54) is 24.3 Å². The molecule has 2 aromatic carbocycles. The van der Waals surface area contributed by atoms with E-state index in [2.05, 4.69) is 0 Å². The Morgan fingerprint density at radius 1 is 0.680 bits per heavy atom. The molecule has 0 unspecified atom stereocenters. The van der Waals surface area contributed by atoms with Crippen molar-refractivity contribution in [3.63, 3.8) is 0 Å². The largest absolute Gasteiger partial charge is 0.576 e. The fourth-order valence-electron chi connectivity index (χ4n) is 2.05. The second kappa shape index (κ2) is 8.60. The van der Waals surface area contributed by atoms with Gasteiger partial charge in [0, 0.05) is 0 Å². The zero-order valence-electron chi connectivity index (χ0n) is 14.7. The van der Waals surface area contributed by atoms with E-state index in [1.54, 1.807) is 39.8 Å². The molecule has 2 rings (SSSR count). The molecule has 7 heteroatoms. The summed E-state index contributed by atoms with van der Waals surface area (Å²) in [5.74, 6) is -1.15. The second-order valence-corrected chi connectivity index (χ2v) is 5.88. The lowest BCUT2D eigenvalue weighted by Gasteiger charge is -2.15. The summed E-state index contributed by atoms with van der Waals surface area (Å²) in [7, 11) is -0.357. The molecule has 2 aromatic rings. The highest BCUT2D eigenvalue weighted by molar-refractivity contribution is 6.20. The second-order valence-electron chi connectivity index (χ2n) is 5.88. The van der Waals surface area contributed by atoms with Crippen LogP contribution in [0, 0.1) is 11.6 Å². The van der Waals surface area contributed by atoms with Crippen molar-refractivity contribution in [1.29, 1.82) is 0 Å². The van der Waals surface area contributed by atoms with E-state index in [4.69, 9.17) is 18.8 Å². The molecule has 0 N–H and O–H groups in total. The molecule has 25 heavy (non-hydrogen) atoms. The van der Waals surface area contributed by atoms with Gasteiger partial charge < -0.3 is 18.8 Å². The summed E-state index contributed by atoms with van der Waals surface area (Å²) in [6.45, 7) is 7.19. The van der Waals surface area contributed by atoms with Crippen LogP contribution in [-0.2, 0) is 0 Å². The van der Waals surface area contributed by atoms with Crippen molar-refractivity contribution < 1.29 is 27.6 Å². The molecule has 0 bridgehead atoms. The third-order valence-electron chi connectivity index (χ3n) is 3.01. The molecule has 0 amide bonds. The van der Waals surface area contributed by atoms with Crippen LogP contribution in [0.15, 0.2) is 36.4 Å². The number of hydrogen-bond acceptors (Lipinski definition) is 4. The lowest BCUT2D eigenvalue weighted by Crippen LogP contribution is -2.14. The molecule has 0 heterocycles. The van der Waals surface area contributed by atoms with Crippen molar-refractivity contribution in [3.05, 3.63) is 48.0 Å². The van der Waals surface area contributed by atoms with Crippen LogP contribution in [0.4, 0.5) is 8.78 Å². The van der Waals surface area contributed by atoms with Gasteiger partial charge >= 0.3 is 7.69 Å². The van der Waals surface area contributed by atoms with Gasteiger partial charge in [0.05, 0.1) is 12.2 Å². The Balaban J connectivity index is 2.02. The Kier molecular flexibility index (Phi) is 6.50. The maximum absolute atomic E-state index is 14.2. The quantitative estimate of drug-likeness (QED) is 0.667. The first kappa shape index (κ1) is 18.9. The van der Waals surface area contributed by atoms with Gasteiger partial charge in [0.15, 0.2) is 11.5 Å². The third kappa shape index (κ3) is 5.27. The highest BCUT2D eigenvalue weighted by Crippen LogP contribution is 2.29. The molecule has 0 aliphatic heterocycles. The number of halogens is 2. The first-order valence-corrected chi connectivity index (χ1v) is 8.04. The van der Waals surface area contributed by atoms with Gasteiger partial charge in [-0.05, 0) is 52.0 Å². The molecule has 0 saturated carbocycles. The fourth-order valence-corrected chi connectivity index (χ4v) is 2.05. The van der Waals surface area contributed by atoms with Crippen LogP contribution in [0.3, 0.4) is 0 Å². The monoisotopic (exact) mass is 350 g/mol. The van der Waals surface area contributed by atoms with Crippen molar-refractivity contribution in [3.8, 4) is 23.0 Å². The highest BCUT2D eigenvalue weighted by atomic mass is 19.1. The van der Waals surface area contributed by atoms with Gasteiger partial charge in [-0.2, -0.15) is 8.78 Å². The predicted molar refractivity (Wildman–Crippen MR) is 92.7 cm³/mol. The van der Waals surface area contributed by atoms with Crippen LogP contribution in [0.25, 0.3) is 0 Å². The zero-order chi connectivity index (χ0) is 18.4. The molecule has 0 aliphatic carbocycles. The van der Waals surface area contributed by atoms with Gasteiger partial charge in [0.2, 0.25) is 11.6 Å². The highest BCUT2D eigenvalue weighted by Gasteiger charge is 2.15. The van der Waals surface area contributed by atoms with E-state index < -0.39 is 11.6 Å². The zero-order valence-corrected chi connectivity index (χ0v) is 14.7. The van der Waals surface area contributed by atoms with Crippen LogP contribution >= 0.6 is 0 Å². The minimum Gasteiger partial charge on any atom is -0.526 e. The average molecular weight is 350 g/mol. The molecule has 0 saturated heterocycles. The molecule has 4 nitrogen and oxygen atoms in total. The maximum atomic E-state index is 14.2. The van der Waals surface area contributed by atoms with Crippen LogP contribution in [0.2, 0.25) is 0 Å². The normalized spacial score (nSPS) is 10.7. The molecular weight excluding hydrogens is 329 g/mol. The summed E-state index contributed by atoms with van der Waals surface area (Å²) in [5, 5.41) is 0. The van der Waals surface area contributed by atoms with E-state index in [0.29, 0.717) is 0 Å². The summed E-state index contributed by atoms with van der Waals surface area (Å²) in [4.78, 5) is 0. The Bertz CT molecular complexity index is 648. The van der Waals surface area contributed by atoms with E-state index >= 15 is 0 Å². The Hall–Kier alpha value is -2.44. The smallest absolute Gasteiger partial charge is 0.526 e. The minimum absolute atomic E-state index is 0.0341. The lowest BCUT2D eigenvalue weighted by molar-refractivity contribution is 0.228. The Morgan fingerprint density at radius 2 is 1.04 bits per heavy atom. The van der Waals surface area contributed by atoms with Crippen LogP contribution in [0.1, 0.15) is 27.7 Å². The van der Waals surface area contributed by atoms with Crippen molar-refractivity contribution in [2.24, 2.45) is 0 Å². The summed E-state index contributed by atoms with van der Waals surface area (Å²) < 4.78 is 49.7. The lowest BCUT2D eigenvalue weighted by atomic mass is 10.2. The fraction of sp³-hybridized carbons (Fsp3) is 0.333. The van der Waals surface area contributed by atoms with Gasteiger partial charge in [-0.1, -0.05) is 12.1 Å². The SMILES string of the molecule is CC(C)Oc1cccc(OBOc2cccc(OC(C)C)c2F)c1F. The topological polar surface area (TPSA) is 36.9 Å². The Labute approximate surface area is 147 Å². The van der Waals surface area contributed by atoms with E-state index in [9.17, 15) is 8.78 Å². The average Bonchev–Trinajstić information content (AvgIpc) is 2.53. The van der Waals surface area contributed by atoms with Crippen molar-refractivity contribution in [2.45, 2.75) is 39.9 Å². The van der Waals surface area contributed by atoms with Gasteiger partial charge in [-0.25, -0.2) is 0 Å². The van der Waals surface area contributed by atoms with Crippen molar-refractivity contribution in [2.75, 3.05) is 0 Å². The van der Waals surface area contributed by atoms with Crippen molar-refractivity contribution >= 4 is 7.69 Å².